The molecule has 0 aliphatic heterocycles. The molecule has 4 saturated carbocycles. The molecular formula is C30H46O5. The molecule has 0 bridgehead atoms. The summed E-state index contributed by atoms with van der Waals surface area (Å²) in [5.41, 5.74) is -0.934. The lowest BCUT2D eigenvalue weighted by Crippen LogP contribution is -2.67. The van der Waals surface area contributed by atoms with Crippen molar-refractivity contribution < 1.29 is 24.9 Å². The minimum atomic E-state index is -1.09. The van der Waals surface area contributed by atoms with Gasteiger partial charge in [0.15, 0.2) is 0 Å². The molecule has 4 fully saturated rings. The molecule has 10 atom stereocenters. The SMILES string of the molecule is CC1(C)CCC2(C(=O)O)C(C1)C1=CCC3C4(C)CC[C@H](O)[C@](C)(C=O)[C@@H]4CCC3(C)[C@]1(C)C[C@@H]2O. The van der Waals surface area contributed by atoms with E-state index in [1.54, 1.807) is 0 Å². The van der Waals surface area contributed by atoms with Crippen LogP contribution in [-0.4, -0.2) is 39.8 Å². The molecule has 0 aromatic carbocycles. The predicted octanol–water partition coefficient (Wildman–Crippen LogP) is 5.38. The Labute approximate surface area is 210 Å². The third kappa shape index (κ3) is 2.94. The molecule has 0 amide bonds. The molecule has 5 unspecified atom stereocenters. The lowest BCUT2D eigenvalue weighted by Gasteiger charge is -2.71. The van der Waals surface area contributed by atoms with Crippen molar-refractivity contribution in [2.75, 3.05) is 0 Å². The van der Waals surface area contributed by atoms with Gasteiger partial charge in [0.1, 0.15) is 11.7 Å². The summed E-state index contributed by atoms with van der Waals surface area (Å²) in [6.45, 7) is 13.5. The Hall–Kier alpha value is -1.20. The number of aliphatic hydroxyl groups excluding tert-OH is 2. The number of allylic oxidation sites excluding steroid dienone is 2. The third-order valence-corrected chi connectivity index (χ3v) is 13.0. The maximum atomic E-state index is 12.8. The maximum Gasteiger partial charge on any atom is 0.312 e. The minimum absolute atomic E-state index is 0.0507. The van der Waals surface area contributed by atoms with Crippen molar-refractivity contribution in [3.8, 4) is 0 Å². The molecule has 0 saturated heterocycles. The molecular weight excluding hydrogens is 440 g/mol. The number of hydrogen-bond acceptors (Lipinski definition) is 4. The van der Waals surface area contributed by atoms with Crippen LogP contribution in [0, 0.1) is 50.2 Å². The topological polar surface area (TPSA) is 94.8 Å². The van der Waals surface area contributed by atoms with E-state index < -0.39 is 29.0 Å². The van der Waals surface area contributed by atoms with Crippen LogP contribution in [0.15, 0.2) is 11.6 Å². The maximum absolute atomic E-state index is 12.8. The van der Waals surface area contributed by atoms with Gasteiger partial charge in [0.05, 0.1) is 17.6 Å². The monoisotopic (exact) mass is 486 g/mol. The summed E-state index contributed by atoms with van der Waals surface area (Å²) in [4.78, 5) is 25.1. The summed E-state index contributed by atoms with van der Waals surface area (Å²) in [5.74, 6) is -0.517. The van der Waals surface area contributed by atoms with Crippen LogP contribution in [0.3, 0.4) is 0 Å². The molecule has 5 aliphatic carbocycles. The molecule has 0 heterocycles. The summed E-state index contributed by atoms with van der Waals surface area (Å²) in [6.07, 6.45) is 8.83. The van der Waals surface area contributed by atoms with Gasteiger partial charge in [-0.1, -0.05) is 53.2 Å². The van der Waals surface area contributed by atoms with E-state index in [2.05, 4.69) is 40.7 Å². The quantitative estimate of drug-likeness (QED) is 0.360. The van der Waals surface area contributed by atoms with Gasteiger partial charge in [0.2, 0.25) is 0 Å². The third-order valence-electron chi connectivity index (χ3n) is 13.0. The van der Waals surface area contributed by atoms with Gasteiger partial charge in [0.25, 0.3) is 0 Å². The van der Waals surface area contributed by atoms with Crippen molar-refractivity contribution in [3.63, 3.8) is 0 Å². The zero-order valence-corrected chi connectivity index (χ0v) is 22.6. The highest BCUT2D eigenvalue weighted by atomic mass is 16.4. The first-order valence-electron chi connectivity index (χ1n) is 13.9. The summed E-state index contributed by atoms with van der Waals surface area (Å²) >= 11 is 0. The Bertz CT molecular complexity index is 970. The molecule has 35 heavy (non-hydrogen) atoms. The number of carboxylic acid groups (broad SMARTS) is 1. The Balaban J connectivity index is 1.63. The number of fused-ring (bicyclic) bond motifs is 7. The Morgan fingerprint density at radius 3 is 2.23 bits per heavy atom. The highest BCUT2D eigenvalue weighted by molar-refractivity contribution is 5.77. The van der Waals surface area contributed by atoms with Crippen LogP contribution in [-0.2, 0) is 9.59 Å². The summed E-state index contributed by atoms with van der Waals surface area (Å²) < 4.78 is 0. The van der Waals surface area contributed by atoms with E-state index in [9.17, 15) is 24.9 Å². The highest BCUT2D eigenvalue weighted by Gasteiger charge is 2.71. The number of aldehydes is 1. The molecule has 0 spiro atoms. The van der Waals surface area contributed by atoms with Gasteiger partial charge in [-0.2, -0.15) is 0 Å². The Morgan fingerprint density at radius 2 is 1.60 bits per heavy atom. The lowest BCUT2D eigenvalue weighted by atomic mass is 9.33. The van der Waals surface area contributed by atoms with Crippen LogP contribution in [0.25, 0.3) is 0 Å². The summed E-state index contributed by atoms with van der Waals surface area (Å²) in [5, 5.41) is 33.0. The van der Waals surface area contributed by atoms with Crippen molar-refractivity contribution in [2.24, 2.45) is 50.2 Å². The number of aliphatic hydroxyl groups is 2. The number of carbonyl (C=O) groups excluding carboxylic acids is 1. The standard InChI is InChI=1S/C30H46O5/c1-25(2)13-14-30(24(34)35)19(15-25)18-7-8-21-26(3)11-10-22(32)27(4,17-31)20(26)9-12-28(21,5)29(18,6)16-23(30)33/h7,17,19-23,32-33H,8-16H2,1-6H3,(H,34,35)/t19?,20-,21?,22+,23+,26?,27-,28?,29-,30?/m1/s1. The Morgan fingerprint density at radius 1 is 0.914 bits per heavy atom. The smallest absolute Gasteiger partial charge is 0.312 e. The van der Waals surface area contributed by atoms with E-state index in [4.69, 9.17) is 0 Å². The molecule has 0 radical (unpaired) electrons. The van der Waals surface area contributed by atoms with E-state index in [0.717, 1.165) is 44.8 Å². The van der Waals surface area contributed by atoms with Gasteiger partial charge in [0, 0.05) is 0 Å². The number of carbonyl (C=O) groups is 2. The van der Waals surface area contributed by atoms with Gasteiger partial charge in [-0.15, -0.1) is 0 Å². The van der Waals surface area contributed by atoms with Gasteiger partial charge < -0.3 is 20.1 Å². The molecule has 5 heteroatoms. The van der Waals surface area contributed by atoms with Crippen LogP contribution < -0.4 is 0 Å². The molecule has 0 aromatic heterocycles. The first kappa shape index (κ1) is 25.4. The fourth-order valence-electron chi connectivity index (χ4n) is 10.6. The second-order valence-corrected chi connectivity index (χ2v) is 14.8. The summed E-state index contributed by atoms with van der Waals surface area (Å²) in [6, 6.07) is 0. The highest BCUT2D eigenvalue weighted by Crippen LogP contribution is 2.75. The molecule has 5 nitrogen and oxygen atoms in total. The zero-order chi connectivity index (χ0) is 25.8. The zero-order valence-electron chi connectivity index (χ0n) is 22.6. The van der Waals surface area contributed by atoms with E-state index >= 15 is 0 Å². The van der Waals surface area contributed by atoms with Crippen molar-refractivity contribution in [1.29, 1.82) is 0 Å². The van der Waals surface area contributed by atoms with Crippen LogP contribution in [0.2, 0.25) is 0 Å². The molecule has 0 aromatic rings. The fraction of sp³-hybridized carbons (Fsp3) is 0.867. The molecule has 3 N–H and O–H groups in total. The van der Waals surface area contributed by atoms with Gasteiger partial charge in [-0.05, 0) is 97.2 Å². The van der Waals surface area contributed by atoms with Crippen molar-refractivity contribution in [3.05, 3.63) is 11.6 Å². The lowest BCUT2D eigenvalue weighted by molar-refractivity contribution is -0.217. The first-order valence-corrected chi connectivity index (χ1v) is 13.9. The fourth-order valence-corrected chi connectivity index (χ4v) is 10.6. The van der Waals surface area contributed by atoms with Gasteiger partial charge in [-0.3, -0.25) is 4.79 Å². The van der Waals surface area contributed by atoms with E-state index in [1.165, 1.54) is 5.57 Å². The van der Waals surface area contributed by atoms with Crippen LogP contribution in [0.4, 0.5) is 0 Å². The second kappa shape index (κ2) is 7.43. The first-order chi connectivity index (χ1) is 16.1. The van der Waals surface area contributed by atoms with Gasteiger partial charge in [-0.25, -0.2) is 0 Å². The van der Waals surface area contributed by atoms with Crippen molar-refractivity contribution in [1.82, 2.24) is 0 Å². The minimum Gasteiger partial charge on any atom is -0.481 e. The predicted molar refractivity (Wildman–Crippen MR) is 134 cm³/mol. The van der Waals surface area contributed by atoms with E-state index in [-0.39, 0.29) is 33.5 Å². The molecule has 196 valence electrons. The molecule has 5 aliphatic rings. The Kier molecular flexibility index (Phi) is 5.40. The average Bonchev–Trinajstić information content (AvgIpc) is 2.76. The normalized spacial score (nSPS) is 54.9. The largest absolute Gasteiger partial charge is 0.481 e. The van der Waals surface area contributed by atoms with Gasteiger partial charge >= 0.3 is 5.97 Å². The number of carboxylic acids is 1. The van der Waals surface area contributed by atoms with Crippen LogP contribution >= 0.6 is 0 Å². The number of rotatable bonds is 2. The second-order valence-electron chi connectivity index (χ2n) is 14.8. The van der Waals surface area contributed by atoms with Crippen molar-refractivity contribution >= 4 is 12.3 Å². The van der Waals surface area contributed by atoms with Crippen molar-refractivity contribution in [2.45, 2.75) is 112 Å². The average molecular weight is 487 g/mol. The van der Waals surface area contributed by atoms with E-state index in [0.29, 0.717) is 25.2 Å². The molecule has 5 rings (SSSR count). The number of aliphatic carboxylic acids is 1. The van der Waals surface area contributed by atoms with Crippen LogP contribution in [0.1, 0.15) is 99.3 Å². The van der Waals surface area contributed by atoms with Crippen LogP contribution in [0.5, 0.6) is 0 Å². The summed E-state index contributed by atoms with van der Waals surface area (Å²) in [7, 11) is 0. The number of hydrogen-bond donors (Lipinski definition) is 3. The van der Waals surface area contributed by atoms with E-state index in [1.807, 2.05) is 6.92 Å².